The van der Waals surface area contributed by atoms with E-state index in [2.05, 4.69) is 54.7 Å². The molecule has 0 aliphatic carbocycles. The molecule has 3 amide bonds. The van der Waals surface area contributed by atoms with Crippen molar-refractivity contribution in [3.8, 4) is 0 Å². The second kappa shape index (κ2) is 8.09. The summed E-state index contributed by atoms with van der Waals surface area (Å²) in [6.07, 6.45) is 0. The molecule has 26 heavy (non-hydrogen) atoms. The van der Waals surface area contributed by atoms with Crippen LogP contribution in [0.5, 0.6) is 0 Å². The third-order valence-electron chi connectivity index (χ3n) is 3.73. The number of aromatic nitrogens is 1. The monoisotopic (exact) mass is 392 g/mol. The lowest BCUT2D eigenvalue weighted by Crippen LogP contribution is -2.28. The highest BCUT2D eigenvalue weighted by molar-refractivity contribution is 7.98. The lowest BCUT2D eigenvalue weighted by Gasteiger charge is -2.19. The van der Waals surface area contributed by atoms with Gasteiger partial charge in [-0.1, -0.05) is 56.8 Å². The number of rotatable bonds is 5. The molecule has 1 aromatic heterocycles. The van der Waals surface area contributed by atoms with Crippen LogP contribution in [0.4, 0.5) is 9.80 Å². The molecule has 8 heteroatoms. The molecule has 0 atom stereocenters. The number of thioether (sulfide) groups is 1. The van der Waals surface area contributed by atoms with E-state index in [0.29, 0.717) is 15.8 Å². The Balaban J connectivity index is 2.13. The fourth-order valence-electron chi connectivity index (χ4n) is 2.14. The number of primary amides is 1. The topological polar surface area (TPSA) is 88.3 Å². The summed E-state index contributed by atoms with van der Waals surface area (Å²) in [7, 11) is 3.24. The molecular weight excluding hydrogens is 368 g/mol. The van der Waals surface area contributed by atoms with Crippen molar-refractivity contribution in [3.05, 3.63) is 41.0 Å². The second-order valence-electron chi connectivity index (χ2n) is 7.12. The largest absolute Gasteiger partial charge is 0.365 e. The van der Waals surface area contributed by atoms with Crippen LogP contribution in [0.25, 0.3) is 0 Å². The summed E-state index contributed by atoms with van der Waals surface area (Å²) in [5.74, 6) is 0.0635. The van der Waals surface area contributed by atoms with Gasteiger partial charge >= 0.3 is 6.03 Å². The average Bonchev–Trinajstić information content (AvgIpc) is 2.95. The van der Waals surface area contributed by atoms with E-state index in [1.54, 1.807) is 14.1 Å². The van der Waals surface area contributed by atoms with Gasteiger partial charge in [0.05, 0.1) is 0 Å². The van der Waals surface area contributed by atoms with Gasteiger partial charge in [0.1, 0.15) is 15.6 Å². The van der Waals surface area contributed by atoms with Gasteiger partial charge < -0.3 is 10.6 Å². The Morgan fingerprint density at radius 2 is 1.85 bits per heavy atom. The van der Waals surface area contributed by atoms with Crippen molar-refractivity contribution in [3.63, 3.8) is 0 Å². The summed E-state index contributed by atoms with van der Waals surface area (Å²) >= 11 is 2.49. The Labute approximate surface area is 162 Å². The van der Waals surface area contributed by atoms with Gasteiger partial charge in [-0.05, 0) is 28.1 Å². The normalized spacial score (nSPS) is 11.3. The Morgan fingerprint density at radius 3 is 2.35 bits per heavy atom. The summed E-state index contributed by atoms with van der Waals surface area (Å²) in [5.41, 5.74) is 8.27. The van der Waals surface area contributed by atoms with Crippen molar-refractivity contribution in [1.29, 1.82) is 0 Å². The molecule has 2 rings (SSSR count). The molecule has 2 aromatic rings. The van der Waals surface area contributed by atoms with Crippen LogP contribution >= 0.6 is 23.3 Å². The van der Waals surface area contributed by atoms with Crippen LogP contribution in [0.2, 0.25) is 0 Å². The van der Waals surface area contributed by atoms with E-state index in [1.165, 1.54) is 22.2 Å². The zero-order chi connectivity index (χ0) is 19.5. The summed E-state index contributed by atoms with van der Waals surface area (Å²) in [6, 6.07) is 8.08. The Hall–Kier alpha value is -2.06. The molecule has 0 saturated heterocycles. The van der Waals surface area contributed by atoms with Gasteiger partial charge in [0.15, 0.2) is 0 Å². The Kier molecular flexibility index (Phi) is 6.30. The van der Waals surface area contributed by atoms with E-state index in [1.807, 2.05) is 0 Å². The van der Waals surface area contributed by atoms with Crippen molar-refractivity contribution in [2.24, 2.45) is 5.73 Å². The lowest BCUT2D eigenvalue weighted by molar-refractivity contribution is 0.0998. The van der Waals surface area contributed by atoms with Crippen LogP contribution in [0.1, 0.15) is 42.3 Å². The van der Waals surface area contributed by atoms with Gasteiger partial charge in [-0.2, -0.15) is 4.37 Å². The lowest BCUT2D eigenvalue weighted by atomic mass is 9.87. The van der Waals surface area contributed by atoms with Gasteiger partial charge in [0.2, 0.25) is 0 Å². The minimum Gasteiger partial charge on any atom is -0.365 e. The van der Waals surface area contributed by atoms with Crippen LogP contribution in [0.15, 0.2) is 29.3 Å². The number of carbonyl (C=O) groups is 2. The maximum atomic E-state index is 11.8. The maximum Gasteiger partial charge on any atom is 0.321 e. The number of nitrogens with two attached hydrogens (primary N) is 1. The smallest absolute Gasteiger partial charge is 0.321 e. The number of hydrogen-bond acceptors (Lipinski definition) is 5. The molecule has 3 N–H and O–H groups in total. The maximum absolute atomic E-state index is 11.8. The SMILES string of the molecule is CN(C)C(=O)Nc1snc(SCc2ccc(C(C)(C)C)cc2)c1C(N)=O. The summed E-state index contributed by atoms with van der Waals surface area (Å²) in [6.45, 7) is 6.53. The molecule has 0 bridgehead atoms. The van der Waals surface area contributed by atoms with Crippen molar-refractivity contribution in [2.75, 3.05) is 19.4 Å². The zero-order valence-electron chi connectivity index (χ0n) is 15.6. The minimum atomic E-state index is -0.599. The molecule has 0 saturated carbocycles. The highest BCUT2D eigenvalue weighted by atomic mass is 32.2. The third-order valence-corrected chi connectivity index (χ3v) is 5.65. The zero-order valence-corrected chi connectivity index (χ0v) is 17.3. The van der Waals surface area contributed by atoms with Gasteiger partial charge in [0.25, 0.3) is 5.91 Å². The first-order valence-electron chi connectivity index (χ1n) is 8.09. The first-order valence-corrected chi connectivity index (χ1v) is 9.85. The average molecular weight is 393 g/mol. The van der Waals surface area contributed by atoms with Crippen LogP contribution in [-0.4, -0.2) is 35.3 Å². The van der Waals surface area contributed by atoms with E-state index < -0.39 is 5.91 Å². The second-order valence-corrected chi connectivity index (χ2v) is 8.85. The highest BCUT2D eigenvalue weighted by Crippen LogP contribution is 2.33. The molecule has 0 spiro atoms. The summed E-state index contributed by atoms with van der Waals surface area (Å²) in [4.78, 5) is 25.0. The highest BCUT2D eigenvalue weighted by Gasteiger charge is 2.21. The predicted molar refractivity (Wildman–Crippen MR) is 108 cm³/mol. The first kappa shape index (κ1) is 20.3. The quantitative estimate of drug-likeness (QED) is 0.755. The molecule has 0 unspecified atom stereocenters. The van der Waals surface area contributed by atoms with Crippen LogP contribution in [-0.2, 0) is 11.2 Å². The molecule has 6 nitrogen and oxygen atoms in total. The molecule has 0 fully saturated rings. The van der Waals surface area contributed by atoms with Crippen LogP contribution in [0.3, 0.4) is 0 Å². The molecule has 140 valence electrons. The van der Waals surface area contributed by atoms with E-state index in [-0.39, 0.29) is 17.0 Å². The first-order chi connectivity index (χ1) is 12.1. The fourth-order valence-corrected chi connectivity index (χ4v) is 4.06. The molecule has 0 radical (unpaired) electrons. The standard InChI is InChI=1S/C18H24N4O2S2/c1-18(2,3)12-8-6-11(7-9-12)10-25-16-13(14(19)23)15(26-21-16)20-17(24)22(4)5/h6-9H,10H2,1-5H3,(H2,19,23)(H,20,24). The molecule has 0 aliphatic rings. The van der Waals surface area contributed by atoms with Gasteiger partial charge in [-0.3, -0.25) is 10.1 Å². The molecule has 1 heterocycles. The van der Waals surface area contributed by atoms with Gasteiger partial charge in [-0.25, -0.2) is 4.79 Å². The Morgan fingerprint density at radius 1 is 1.23 bits per heavy atom. The molecule has 0 aliphatic heterocycles. The predicted octanol–water partition coefficient (Wildman–Crippen LogP) is 3.93. The van der Waals surface area contributed by atoms with Crippen molar-refractivity contribution >= 4 is 40.2 Å². The van der Waals surface area contributed by atoms with E-state index in [0.717, 1.165) is 17.1 Å². The van der Waals surface area contributed by atoms with E-state index >= 15 is 0 Å². The van der Waals surface area contributed by atoms with E-state index in [4.69, 9.17) is 5.73 Å². The summed E-state index contributed by atoms with van der Waals surface area (Å²) < 4.78 is 4.29. The van der Waals surface area contributed by atoms with Gasteiger partial charge in [0, 0.05) is 19.8 Å². The fraction of sp³-hybridized carbons (Fsp3) is 0.389. The number of benzene rings is 1. The number of nitrogens with zero attached hydrogens (tertiary/aromatic N) is 2. The number of nitrogens with one attached hydrogen (secondary N) is 1. The van der Waals surface area contributed by atoms with Crippen molar-refractivity contribution in [1.82, 2.24) is 9.27 Å². The number of hydrogen-bond donors (Lipinski definition) is 2. The van der Waals surface area contributed by atoms with Crippen molar-refractivity contribution < 1.29 is 9.59 Å². The molecular formula is C18H24N4O2S2. The summed E-state index contributed by atoms with van der Waals surface area (Å²) in [5, 5.41) is 3.58. The van der Waals surface area contributed by atoms with Crippen LogP contribution in [0, 0.1) is 0 Å². The number of anilines is 1. The third kappa shape index (κ3) is 4.98. The molecule has 1 aromatic carbocycles. The minimum absolute atomic E-state index is 0.110. The van der Waals surface area contributed by atoms with Gasteiger partial charge in [-0.15, -0.1) is 0 Å². The number of carbonyl (C=O) groups excluding carboxylic acids is 2. The van der Waals surface area contributed by atoms with Crippen molar-refractivity contribution in [2.45, 2.75) is 37.0 Å². The Bertz CT molecular complexity index is 793. The number of amides is 3. The van der Waals surface area contributed by atoms with E-state index in [9.17, 15) is 9.59 Å². The van der Waals surface area contributed by atoms with Crippen LogP contribution < -0.4 is 11.1 Å². The number of urea groups is 1.